The Morgan fingerprint density at radius 2 is 2.47 bits per heavy atom. The van der Waals surface area contributed by atoms with Crippen LogP contribution in [0.25, 0.3) is 0 Å². The van der Waals surface area contributed by atoms with Crippen LogP contribution in [-0.2, 0) is 13.1 Å². The van der Waals surface area contributed by atoms with E-state index in [2.05, 4.69) is 45.5 Å². The van der Waals surface area contributed by atoms with E-state index < -0.39 is 0 Å². The second-order valence-corrected chi connectivity index (χ2v) is 3.60. The Hall–Kier alpha value is -1.71. The number of rotatable bonds is 5. The van der Waals surface area contributed by atoms with Crippen molar-refractivity contribution in [3.05, 3.63) is 36.4 Å². The fourth-order valence-corrected chi connectivity index (χ4v) is 1.54. The molecule has 0 radical (unpaired) electrons. The third-order valence-electron chi connectivity index (χ3n) is 2.29. The first-order valence-electron chi connectivity index (χ1n) is 5.26. The van der Waals surface area contributed by atoms with Crippen LogP contribution in [0, 0.1) is 0 Å². The molecular weight excluding hydrogens is 188 g/mol. The molecule has 80 valence electrons. The Morgan fingerprint density at radius 1 is 1.53 bits per heavy atom. The predicted octanol–water partition coefficient (Wildman–Crippen LogP) is 2.23. The van der Waals surface area contributed by atoms with Crippen molar-refractivity contribution in [2.45, 2.75) is 26.4 Å². The lowest BCUT2D eigenvalue weighted by atomic mass is 10.3. The topological polar surface area (TPSA) is 45.6 Å². The molecule has 0 atom stereocenters. The highest BCUT2D eigenvalue weighted by Gasteiger charge is 1.97. The smallest absolute Gasteiger partial charge is 0.0726 e. The second-order valence-electron chi connectivity index (χ2n) is 3.60. The summed E-state index contributed by atoms with van der Waals surface area (Å²) in [6.45, 7) is 4.12. The highest BCUT2D eigenvalue weighted by Crippen LogP contribution is 2.07. The molecule has 2 heterocycles. The molecular formula is C11H16N4. The number of nitrogens with one attached hydrogen (secondary N) is 2. The summed E-state index contributed by atoms with van der Waals surface area (Å²) in [4.78, 5) is 0. The van der Waals surface area contributed by atoms with Crippen molar-refractivity contribution in [3.8, 4) is 0 Å². The van der Waals surface area contributed by atoms with Gasteiger partial charge in [-0.05, 0) is 18.1 Å². The first-order chi connectivity index (χ1) is 7.38. The first-order valence-corrected chi connectivity index (χ1v) is 5.26. The van der Waals surface area contributed by atoms with Crippen LogP contribution in [0.4, 0.5) is 5.69 Å². The zero-order valence-corrected chi connectivity index (χ0v) is 8.90. The second kappa shape index (κ2) is 4.68. The van der Waals surface area contributed by atoms with E-state index in [1.165, 1.54) is 12.0 Å². The summed E-state index contributed by atoms with van der Waals surface area (Å²) in [5.41, 5.74) is 2.32. The Bertz CT molecular complexity index is 388. The van der Waals surface area contributed by atoms with Crippen molar-refractivity contribution in [2.75, 3.05) is 5.32 Å². The van der Waals surface area contributed by atoms with Gasteiger partial charge in [0.25, 0.3) is 0 Å². The van der Waals surface area contributed by atoms with E-state index >= 15 is 0 Å². The molecule has 2 N–H and O–H groups in total. The minimum absolute atomic E-state index is 0.843. The number of aryl methyl sites for hydroxylation is 1. The standard InChI is InChI=1S/C11H16N4/c1-2-4-15-5-3-10(9-15)6-12-11-7-13-14-8-11/h3,5,7-9,12H,2,4,6H2,1H3,(H,13,14). The maximum absolute atomic E-state index is 3.88. The zero-order valence-electron chi connectivity index (χ0n) is 8.90. The van der Waals surface area contributed by atoms with Gasteiger partial charge >= 0.3 is 0 Å². The molecule has 0 aromatic carbocycles. The Kier molecular flexibility index (Phi) is 3.07. The van der Waals surface area contributed by atoms with Crippen LogP contribution < -0.4 is 5.32 Å². The van der Waals surface area contributed by atoms with Gasteiger partial charge in [0, 0.05) is 31.7 Å². The summed E-state index contributed by atoms with van der Waals surface area (Å²) in [5, 5.41) is 9.94. The normalized spacial score (nSPS) is 10.5. The molecule has 0 amide bonds. The summed E-state index contributed by atoms with van der Waals surface area (Å²) in [7, 11) is 0. The molecule has 0 fully saturated rings. The molecule has 2 aromatic rings. The van der Waals surface area contributed by atoms with Crippen molar-refractivity contribution < 1.29 is 0 Å². The van der Waals surface area contributed by atoms with Gasteiger partial charge in [-0.25, -0.2) is 0 Å². The van der Waals surface area contributed by atoms with E-state index in [1.807, 2.05) is 6.20 Å². The van der Waals surface area contributed by atoms with E-state index in [9.17, 15) is 0 Å². The monoisotopic (exact) mass is 204 g/mol. The van der Waals surface area contributed by atoms with Gasteiger partial charge in [0.05, 0.1) is 11.9 Å². The number of H-pyrrole nitrogens is 1. The molecule has 2 rings (SSSR count). The van der Waals surface area contributed by atoms with Gasteiger partial charge in [0.15, 0.2) is 0 Å². The number of aromatic nitrogens is 3. The van der Waals surface area contributed by atoms with Gasteiger partial charge in [-0.3, -0.25) is 5.10 Å². The number of hydrogen-bond donors (Lipinski definition) is 2. The summed E-state index contributed by atoms with van der Waals surface area (Å²) < 4.78 is 2.21. The summed E-state index contributed by atoms with van der Waals surface area (Å²) in [6.07, 6.45) is 9.10. The average molecular weight is 204 g/mol. The first kappa shape index (κ1) is 9.83. The largest absolute Gasteiger partial charge is 0.378 e. The van der Waals surface area contributed by atoms with Crippen molar-refractivity contribution in [3.63, 3.8) is 0 Å². The van der Waals surface area contributed by atoms with Crippen LogP contribution in [0.15, 0.2) is 30.9 Å². The number of anilines is 1. The van der Waals surface area contributed by atoms with Crippen LogP contribution in [0.5, 0.6) is 0 Å². The molecule has 15 heavy (non-hydrogen) atoms. The average Bonchev–Trinajstić information content (AvgIpc) is 2.85. The number of nitrogens with zero attached hydrogens (tertiary/aromatic N) is 2. The van der Waals surface area contributed by atoms with Crippen molar-refractivity contribution >= 4 is 5.69 Å². The molecule has 0 spiro atoms. The molecule has 0 aliphatic heterocycles. The maximum Gasteiger partial charge on any atom is 0.0726 e. The fourth-order valence-electron chi connectivity index (χ4n) is 1.54. The van der Waals surface area contributed by atoms with E-state index in [-0.39, 0.29) is 0 Å². The van der Waals surface area contributed by atoms with Gasteiger partial charge in [0.2, 0.25) is 0 Å². The van der Waals surface area contributed by atoms with Crippen LogP contribution in [0.2, 0.25) is 0 Å². The van der Waals surface area contributed by atoms with Gasteiger partial charge < -0.3 is 9.88 Å². The molecule has 0 saturated carbocycles. The summed E-state index contributed by atoms with van der Waals surface area (Å²) in [6, 6.07) is 2.14. The lowest BCUT2D eigenvalue weighted by Crippen LogP contribution is -1.97. The van der Waals surface area contributed by atoms with Crippen LogP contribution >= 0.6 is 0 Å². The minimum atomic E-state index is 0.843. The summed E-state index contributed by atoms with van der Waals surface area (Å²) >= 11 is 0. The predicted molar refractivity (Wildman–Crippen MR) is 60.6 cm³/mol. The van der Waals surface area contributed by atoms with Gasteiger partial charge in [-0.15, -0.1) is 0 Å². The Labute approximate surface area is 89.3 Å². The molecule has 0 aliphatic rings. The highest BCUT2D eigenvalue weighted by molar-refractivity contribution is 5.38. The van der Waals surface area contributed by atoms with E-state index in [1.54, 1.807) is 6.20 Å². The number of aromatic amines is 1. The molecule has 4 heteroatoms. The van der Waals surface area contributed by atoms with Crippen molar-refractivity contribution in [1.82, 2.24) is 14.8 Å². The lowest BCUT2D eigenvalue weighted by molar-refractivity contribution is 0.682. The quantitative estimate of drug-likeness (QED) is 0.784. The SMILES string of the molecule is CCCn1ccc(CNc2cn[nH]c2)c1. The van der Waals surface area contributed by atoms with Gasteiger partial charge in [-0.2, -0.15) is 5.10 Å². The fraction of sp³-hybridized carbons (Fsp3) is 0.364. The molecule has 4 nitrogen and oxygen atoms in total. The van der Waals surface area contributed by atoms with Crippen LogP contribution in [0.1, 0.15) is 18.9 Å². The van der Waals surface area contributed by atoms with E-state index in [0.717, 1.165) is 18.8 Å². The molecule has 0 bridgehead atoms. The van der Waals surface area contributed by atoms with E-state index in [4.69, 9.17) is 0 Å². The maximum atomic E-state index is 3.88. The van der Waals surface area contributed by atoms with E-state index in [0.29, 0.717) is 0 Å². The minimum Gasteiger partial charge on any atom is -0.378 e. The highest BCUT2D eigenvalue weighted by atomic mass is 15.1. The third kappa shape index (κ3) is 2.62. The Morgan fingerprint density at radius 3 is 3.20 bits per heavy atom. The van der Waals surface area contributed by atoms with Crippen molar-refractivity contribution in [1.29, 1.82) is 0 Å². The molecule has 2 aromatic heterocycles. The Balaban J connectivity index is 1.88. The van der Waals surface area contributed by atoms with Crippen LogP contribution in [0.3, 0.4) is 0 Å². The van der Waals surface area contributed by atoms with Gasteiger partial charge in [-0.1, -0.05) is 6.92 Å². The third-order valence-corrected chi connectivity index (χ3v) is 2.29. The molecule has 0 aliphatic carbocycles. The zero-order chi connectivity index (χ0) is 10.5. The number of hydrogen-bond acceptors (Lipinski definition) is 2. The lowest BCUT2D eigenvalue weighted by Gasteiger charge is -2.00. The van der Waals surface area contributed by atoms with Crippen LogP contribution in [-0.4, -0.2) is 14.8 Å². The van der Waals surface area contributed by atoms with Gasteiger partial charge in [0.1, 0.15) is 0 Å². The molecule has 0 saturated heterocycles. The summed E-state index contributed by atoms with van der Waals surface area (Å²) in [5.74, 6) is 0. The van der Waals surface area contributed by atoms with Crippen molar-refractivity contribution in [2.24, 2.45) is 0 Å². The molecule has 0 unspecified atom stereocenters.